The van der Waals surface area contributed by atoms with E-state index in [0.717, 1.165) is 12.8 Å². The van der Waals surface area contributed by atoms with Gasteiger partial charge < -0.3 is 10.6 Å². The second-order valence-electron chi connectivity index (χ2n) is 4.18. The maximum absolute atomic E-state index is 11.2. The molecule has 1 saturated carbocycles. The van der Waals surface area contributed by atoms with Crippen LogP contribution in [0.25, 0.3) is 0 Å². The number of allylic oxidation sites excluding steroid dienone is 1. The maximum Gasteiger partial charge on any atom is 0.315 e. The van der Waals surface area contributed by atoms with Crippen molar-refractivity contribution in [1.29, 1.82) is 0 Å². The first-order valence-electron chi connectivity index (χ1n) is 4.71. The van der Waals surface area contributed by atoms with E-state index in [2.05, 4.69) is 17.6 Å². The van der Waals surface area contributed by atoms with Crippen molar-refractivity contribution in [2.24, 2.45) is 0 Å². The second kappa shape index (κ2) is 3.81. The molecule has 0 heterocycles. The number of carbonyl (C=O) groups excluding carboxylic acids is 1. The van der Waals surface area contributed by atoms with E-state index in [1.54, 1.807) is 0 Å². The number of carbonyl (C=O) groups is 1. The van der Waals surface area contributed by atoms with Crippen molar-refractivity contribution in [3.05, 3.63) is 11.6 Å². The molecule has 0 spiro atoms. The highest BCUT2D eigenvalue weighted by Gasteiger charge is 2.38. The number of hydrogen-bond acceptors (Lipinski definition) is 1. The van der Waals surface area contributed by atoms with Gasteiger partial charge in [-0.2, -0.15) is 0 Å². The van der Waals surface area contributed by atoms with Gasteiger partial charge in [0.15, 0.2) is 0 Å². The van der Waals surface area contributed by atoms with Gasteiger partial charge in [-0.1, -0.05) is 11.6 Å². The molecule has 0 atom stereocenters. The molecule has 0 bridgehead atoms. The van der Waals surface area contributed by atoms with Crippen molar-refractivity contribution in [2.75, 3.05) is 6.54 Å². The van der Waals surface area contributed by atoms with Crippen LogP contribution in [-0.4, -0.2) is 18.1 Å². The lowest BCUT2D eigenvalue weighted by molar-refractivity contribution is 0.238. The van der Waals surface area contributed by atoms with Crippen LogP contribution in [0.1, 0.15) is 33.6 Å². The quantitative estimate of drug-likeness (QED) is 0.642. The van der Waals surface area contributed by atoms with Gasteiger partial charge in [0, 0.05) is 12.1 Å². The summed E-state index contributed by atoms with van der Waals surface area (Å²) in [4.78, 5) is 11.2. The van der Waals surface area contributed by atoms with E-state index in [0.29, 0.717) is 6.54 Å². The Morgan fingerprint density at radius 3 is 2.54 bits per heavy atom. The highest BCUT2D eigenvalue weighted by Crippen LogP contribution is 2.33. The highest BCUT2D eigenvalue weighted by molar-refractivity contribution is 5.75. The summed E-state index contributed by atoms with van der Waals surface area (Å²) in [5.41, 5.74) is 1.30. The summed E-state index contributed by atoms with van der Waals surface area (Å²) in [5.74, 6) is 0. The molecule has 3 heteroatoms. The van der Waals surface area contributed by atoms with Crippen molar-refractivity contribution in [3.8, 4) is 0 Å². The first kappa shape index (κ1) is 10.1. The normalized spacial score (nSPS) is 17.5. The Balaban J connectivity index is 2.15. The molecule has 13 heavy (non-hydrogen) atoms. The summed E-state index contributed by atoms with van der Waals surface area (Å²) in [6.45, 7) is 6.71. The molecule has 1 aliphatic carbocycles. The summed E-state index contributed by atoms with van der Waals surface area (Å²) < 4.78 is 0. The van der Waals surface area contributed by atoms with Gasteiger partial charge in [-0.25, -0.2) is 4.79 Å². The number of urea groups is 1. The van der Waals surface area contributed by atoms with Gasteiger partial charge in [-0.15, -0.1) is 0 Å². The summed E-state index contributed by atoms with van der Waals surface area (Å²) >= 11 is 0. The molecule has 0 aromatic rings. The average molecular weight is 182 g/mol. The first-order valence-corrected chi connectivity index (χ1v) is 4.71. The third kappa shape index (κ3) is 3.97. The Kier molecular flexibility index (Phi) is 2.96. The van der Waals surface area contributed by atoms with Gasteiger partial charge >= 0.3 is 6.03 Å². The summed E-state index contributed by atoms with van der Waals surface area (Å²) in [7, 11) is 0. The zero-order valence-electron chi connectivity index (χ0n) is 8.61. The lowest BCUT2D eigenvalue weighted by Gasteiger charge is -2.11. The van der Waals surface area contributed by atoms with Gasteiger partial charge in [0.2, 0.25) is 0 Å². The highest BCUT2D eigenvalue weighted by atomic mass is 16.2. The molecule has 1 fully saturated rings. The molecule has 1 aliphatic rings. The molecule has 2 amide bonds. The molecule has 0 saturated heterocycles. The van der Waals surface area contributed by atoms with Crippen molar-refractivity contribution < 1.29 is 4.79 Å². The summed E-state index contributed by atoms with van der Waals surface area (Å²) in [5, 5.41) is 5.71. The summed E-state index contributed by atoms with van der Waals surface area (Å²) in [6.07, 6.45) is 4.20. The van der Waals surface area contributed by atoms with E-state index in [1.807, 2.05) is 19.9 Å². The minimum absolute atomic E-state index is 0.0579. The third-order valence-electron chi connectivity index (χ3n) is 2.19. The predicted octanol–water partition coefficient (Wildman–Crippen LogP) is 1.80. The Morgan fingerprint density at radius 2 is 2.08 bits per heavy atom. The molecule has 2 N–H and O–H groups in total. The molecule has 1 rings (SSSR count). The Bertz CT molecular complexity index is 225. The number of amides is 2. The van der Waals surface area contributed by atoms with Gasteiger partial charge in [0.25, 0.3) is 0 Å². The minimum Gasteiger partial charge on any atom is -0.335 e. The van der Waals surface area contributed by atoms with Gasteiger partial charge in [-0.05, 0) is 33.6 Å². The smallest absolute Gasteiger partial charge is 0.315 e. The fourth-order valence-corrected chi connectivity index (χ4v) is 0.979. The first-order chi connectivity index (χ1) is 6.02. The molecular weight excluding hydrogens is 164 g/mol. The molecule has 0 aromatic heterocycles. The molecule has 0 unspecified atom stereocenters. The average Bonchev–Trinajstić information content (AvgIpc) is 2.66. The van der Waals surface area contributed by atoms with Crippen LogP contribution in [0.2, 0.25) is 0 Å². The number of hydrogen-bond donors (Lipinski definition) is 2. The van der Waals surface area contributed by atoms with E-state index < -0.39 is 0 Å². The Hall–Kier alpha value is -0.990. The SMILES string of the molecule is CC(C)=CCNC(=O)NC1(C)CC1. The lowest BCUT2D eigenvalue weighted by atomic mass is 10.3. The molecule has 0 aromatic carbocycles. The van der Waals surface area contributed by atoms with Crippen molar-refractivity contribution in [1.82, 2.24) is 10.6 Å². The third-order valence-corrected chi connectivity index (χ3v) is 2.19. The maximum atomic E-state index is 11.2. The molecule has 0 aliphatic heterocycles. The van der Waals surface area contributed by atoms with Crippen molar-refractivity contribution >= 4 is 6.03 Å². The van der Waals surface area contributed by atoms with Crippen LogP contribution >= 0.6 is 0 Å². The zero-order valence-corrected chi connectivity index (χ0v) is 8.61. The van der Waals surface area contributed by atoms with E-state index in [1.165, 1.54) is 5.57 Å². The monoisotopic (exact) mass is 182 g/mol. The topological polar surface area (TPSA) is 41.1 Å². The number of nitrogens with one attached hydrogen (secondary N) is 2. The van der Waals surface area contributed by atoms with E-state index in [9.17, 15) is 4.79 Å². The predicted molar refractivity (Wildman–Crippen MR) is 53.6 cm³/mol. The standard InChI is InChI=1S/C10H18N2O/c1-8(2)4-7-11-9(13)12-10(3)5-6-10/h4H,5-7H2,1-3H3,(H2,11,12,13). The Morgan fingerprint density at radius 1 is 1.46 bits per heavy atom. The molecule has 0 radical (unpaired) electrons. The lowest BCUT2D eigenvalue weighted by Crippen LogP contribution is -2.42. The van der Waals surface area contributed by atoms with E-state index in [4.69, 9.17) is 0 Å². The van der Waals surface area contributed by atoms with Crippen LogP contribution in [0.4, 0.5) is 4.79 Å². The number of rotatable bonds is 3. The van der Waals surface area contributed by atoms with Crippen molar-refractivity contribution in [2.45, 2.75) is 39.2 Å². The largest absolute Gasteiger partial charge is 0.335 e. The van der Waals surface area contributed by atoms with E-state index in [-0.39, 0.29) is 11.6 Å². The zero-order chi connectivity index (χ0) is 9.90. The Labute approximate surface area is 79.6 Å². The molecule has 74 valence electrons. The van der Waals surface area contributed by atoms with Crippen LogP contribution in [0.15, 0.2) is 11.6 Å². The fourth-order valence-electron chi connectivity index (χ4n) is 0.979. The molecular formula is C10H18N2O. The van der Waals surface area contributed by atoms with Gasteiger partial charge in [0.1, 0.15) is 0 Å². The van der Waals surface area contributed by atoms with Crippen LogP contribution in [0.3, 0.4) is 0 Å². The van der Waals surface area contributed by atoms with Gasteiger partial charge in [0.05, 0.1) is 0 Å². The second-order valence-corrected chi connectivity index (χ2v) is 4.18. The van der Waals surface area contributed by atoms with Crippen LogP contribution in [0, 0.1) is 0 Å². The van der Waals surface area contributed by atoms with Crippen LogP contribution in [-0.2, 0) is 0 Å². The fraction of sp³-hybridized carbons (Fsp3) is 0.700. The van der Waals surface area contributed by atoms with Crippen LogP contribution in [0.5, 0.6) is 0 Å². The summed E-state index contributed by atoms with van der Waals surface area (Å²) in [6, 6.07) is -0.0579. The minimum atomic E-state index is -0.0579. The van der Waals surface area contributed by atoms with E-state index >= 15 is 0 Å². The van der Waals surface area contributed by atoms with Crippen molar-refractivity contribution in [3.63, 3.8) is 0 Å². The molecule has 3 nitrogen and oxygen atoms in total. The van der Waals surface area contributed by atoms with Crippen LogP contribution < -0.4 is 10.6 Å². The van der Waals surface area contributed by atoms with Gasteiger partial charge in [-0.3, -0.25) is 0 Å².